The SMILES string of the molecule is CCC(=O)N(c1nnc(S[C@H](C)C(=O)Nc2nc(-c3ccc(F)cc3)cs2)s1)C1CC1. The number of hydrogen-bond donors (Lipinski definition) is 1. The van der Waals surface area contributed by atoms with Gasteiger partial charge in [0.1, 0.15) is 5.82 Å². The lowest BCUT2D eigenvalue weighted by molar-refractivity contribution is -0.118. The van der Waals surface area contributed by atoms with Crippen molar-refractivity contribution in [1.82, 2.24) is 15.2 Å². The Labute approximate surface area is 191 Å². The van der Waals surface area contributed by atoms with Crippen LogP contribution >= 0.6 is 34.4 Å². The molecule has 1 atom stereocenters. The molecule has 0 radical (unpaired) electrons. The zero-order chi connectivity index (χ0) is 22.0. The smallest absolute Gasteiger partial charge is 0.239 e. The summed E-state index contributed by atoms with van der Waals surface area (Å²) >= 11 is 3.93. The number of anilines is 2. The van der Waals surface area contributed by atoms with Gasteiger partial charge >= 0.3 is 0 Å². The maximum atomic E-state index is 13.1. The third kappa shape index (κ3) is 5.28. The van der Waals surface area contributed by atoms with Crippen LogP contribution in [0.1, 0.15) is 33.1 Å². The first kappa shape index (κ1) is 21.8. The summed E-state index contributed by atoms with van der Waals surface area (Å²) < 4.78 is 13.7. The molecule has 1 aromatic carbocycles. The Hall–Kier alpha value is -2.37. The predicted molar refractivity (Wildman–Crippen MR) is 122 cm³/mol. The van der Waals surface area contributed by atoms with Crippen molar-refractivity contribution < 1.29 is 14.0 Å². The van der Waals surface area contributed by atoms with Crippen LogP contribution in [0.25, 0.3) is 11.3 Å². The predicted octanol–water partition coefficient (Wildman–Crippen LogP) is 4.83. The molecule has 1 fully saturated rings. The average molecular weight is 478 g/mol. The molecule has 1 aliphatic carbocycles. The number of benzene rings is 1. The van der Waals surface area contributed by atoms with E-state index in [4.69, 9.17) is 0 Å². The molecule has 7 nitrogen and oxygen atoms in total. The second-order valence-corrected chi connectivity index (χ2v) is 10.4. The van der Waals surface area contributed by atoms with Gasteiger partial charge < -0.3 is 5.32 Å². The van der Waals surface area contributed by atoms with Crippen LogP contribution in [0.5, 0.6) is 0 Å². The maximum absolute atomic E-state index is 13.1. The maximum Gasteiger partial charge on any atom is 0.239 e. The number of halogens is 1. The van der Waals surface area contributed by atoms with E-state index in [1.54, 1.807) is 24.0 Å². The summed E-state index contributed by atoms with van der Waals surface area (Å²) in [5, 5.41) is 13.6. The Morgan fingerprint density at radius 3 is 2.71 bits per heavy atom. The van der Waals surface area contributed by atoms with Gasteiger partial charge in [0.25, 0.3) is 0 Å². The lowest BCUT2D eigenvalue weighted by Crippen LogP contribution is -2.32. The van der Waals surface area contributed by atoms with E-state index in [9.17, 15) is 14.0 Å². The number of hydrogen-bond acceptors (Lipinski definition) is 8. The number of thioether (sulfide) groups is 1. The van der Waals surface area contributed by atoms with Gasteiger partial charge in [0.05, 0.1) is 10.9 Å². The van der Waals surface area contributed by atoms with E-state index in [0.29, 0.717) is 26.7 Å². The van der Waals surface area contributed by atoms with E-state index in [1.165, 1.54) is 46.6 Å². The topological polar surface area (TPSA) is 88.1 Å². The van der Waals surface area contributed by atoms with Crippen molar-refractivity contribution in [2.45, 2.75) is 48.7 Å². The quantitative estimate of drug-likeness (QED) is 0.369. The van der Waals surface area contributed by atoms with Gasteiger partial charge in [-0.15, -0.1) is 21.5 Å². The first-order valence-electron chi connectivity index (χ1n) is 9.79. The van der Waals surface area contributed by atoms with Crippen molar-refractivity contribution in [3.8, 4) is 11.3 Å². The Bertz CT molecular complexity index is 1080. The van der Waals surface area contributed by atoms with E-state index >= 15 is 0 Å². The Morgan fingerprint density at radius 1 is 1.29 bits per heavy atom. The fourth-order valence-electron chi connectivity index (χ4n) is 2.81. The highest BCUT2D eigenvalue weighted by molar-refractivity contribution is 8.02. The minimum absolute atomic E-state index is 0.0433. The summed E-state index contributed by atoms with van der Waals surface area (Å²) in [6.45, 7) is 3.62. The van der Waals surface area contributed by atoms with Crippen LogP contribution < -0.4 is 10.2 Å². The highest BCUT2D eigenvalue weighted by Crippen LogP contribution is 2.37. The first-order chi connectivity index (χ1) is 14.9. The molecule has 1 aliphatic rings. The molecule has 2 amide bonds. The fraction of sp³-hybridized carbons (Fsp3) is 0.350. The Balaban J connectivity index is 1.37. The molecule has 2 heterocycles. The fourth-order valence-corrected chi connectivity index (χ4v) is 5.61. The molecular weight excluding hydrogens is 457 g/mol. The molecule has 1 N–H and O–H groups in total. The van der Waals surface area contributed by atoms with Crippen molar-refractivity contribution in [3.05, 3.63) is 35.5 Å². The molecule has 31 heavy (non-hydrogen) atoms. The molecule has 11 heteroatoms. The number of thiazole rings is 1. The van der Waals surface area contributed by atoms with Crippen molar-refractivity contribution >= 4 is 56.5 Å². The minimum atomic E-state index is -0.421. The highest BCUT2D eigenvalue weighted by atomic mass is 32.2. The average Bonchev–Trinajstić information content (AvgIpc) is 3.30. The lowest BCUT2D eigenvalue weighted by atomic mass is 10.2. The Morgan fingerprint density at radius 2 is 2.03 bits per heavy atom. The van der Waals surface area contributed by atoms with Crippen LogP contribution in [0, 0.1) is 5.82 Å². The zero-order valence-corrected chi connectivity index (χ0v) is 19.3. The van der Waals surface area contributed by atoms with Gasteiger partial charge in [-0.3, -0.25) is 14.5 Å². The van der Waals surface area contributed by atoms with Gasteiger partial charge in [-0.2, -0.15) is 0 Å². The number of nitrogens with one attached hydrogen (secondary N) is 1. The second kappa shape index (κ2) is 9.41. The third-order valence-electron chi connectivity index (χ3n) is 4.61. The molecule has 4 rings (SSSR count). The number of carbonyl (C=O) groups is 2. The molecule has 0 spiro atoms. The molecule has 0 saturated heterocycles. The molecule has 162 valence electrons. The third-order valence-corrected chi connectivity index (χ3v) is 7.47. The normalized spacial score (nSPS) is 14.3. The summed E-state index contributed by atoms with van der Waals surface area (Å²) in [5.74, 6) is -0.468. The summed E-state index contributed by atoms with van der Waals surface area (Å²) in [6, 6.07) is 6.27. The summed E-state index contributed by atoms with van der Waals surface area (Å²) in [7, 11) is 0. The lowest BCUT2D eigenvalue weighted by Gasteiger charge is -2.17. The van der Waals surface area contributed by atoms with Gasteiger partial charge in [-0.25, -0.2) is 9.37 Å². The van der Waals surface area contributed by atoms with Gasteiger partial charge in [-0.05, 0) is 44.0 Å². The molecule has 1 saturated carbocycles. The standard InChI is InChI=1S/C20H20FN5O2S3/c1-3-16(27)26(14-8-9-14)19-24-25-20(31-19)30-11(2)17(28)23-18-22-15(10-29-18)12-4-6-13(21)7-5-12/h4-7,10-11,14H,3,8-9H2,1-2H3,(H,22,23,28)/t11-/m1/s1. The van der Waals surface area contributed by atoms with Crippen molar-refractivity contribution in [2.75, 3.05) is 10.2 Å². The van der Waals surface area contributed by atoms with Gasteiger partial charge in [-0.1, -0.05) is 30.0 Å². The summed E-state index contributed by atoms with van der Waals surface area (Å²) in [5.41, 5.74) is 1.46. The molecule has 0 bridgehead atoms. The largest absolute Gasteiger partial charge is 0.301 e. The molecule has 3 aromatic rings. The second-order valence-electron chi connectivity index (χ2n) is 6.99. The van der Waals surface area contributed by atoms with E-state index in [-0.39, 0.29) is 23.7 Å². The zero-order valence-electron chi connectivity index (χ0n) is 16.9. The molecular formula is C20H20FN5O2S3. The van der Waals surface area contributed by atoms with Crippen LogP contribution in [0.2, 0.25) is 0 Å². The molecule has 0 aliphatic heterocycles. The van der Waals surface area contributed by atoms with Gasteiger partial charge in [0, 0.05) is 23.4 Å². The minimum Gasteiger partial charge on any atom is -0.301 e. The molecule has 2 aromatic heterocycles. The number of carbonyl (C=O) groups excluding carboxylic acids is 2. The van der Waals surface area contributed by atoms with Crippen LogP contribution in [0.15, 0.2) is 34.0 Å². The number of aromatic nitrogens is 3. The summed E-state index contributed by atoms with van der Waals surface area (Å²) in [4.78, 5) is 31.0. The Kier molecular flexibility index (Phi) is 6.63. The highest BCUT2D eigenvalue weighted by Gasteiger charge is 2.35. The number of amides is 2. The van der Waals surface area contributed by atoms with Crippen molar-refractivity contribution in [3.63, 3.8) is 0 Å². The van der Waals surface area contributed by atoms with Crippen LogP contribution in [0.4, 0.5) is 14.7 Å². The van der Waals surface area contributed by atoms with Gasteiger partial charge in [0.15, 0.2) is 9.47 Å². The number of rotatable bonds is 8. The van der Waals surface area contributed by atoms with Crippen molar-refractivity contribution in [1.29, 1.82) is 0 Å². The first-order valence-corrected chi connectivity index (χ1v) is 12.4. The van der Waals surface area contributed by atoms with Crippen LogP contribution in [-0.2, 0) is 9.59 Å². The van der Waals surface area contributed by atoms with E-state index in [1.807, 2.05) is 12.3 Å². The van der Waals surface area contributed by atoms with E-state index < -0.39 is 5.25 Å². The molecule has 0 unspecified atom stereocenters. The number of nitrogens with zero attached hydrogens (tertiary/aromatic N) is 4. The summed E-state index contributed by atoms with van der Waals surface area (Å²) in [6.07, 6.45) is 2.39. The monoisotopic (exact) mass is 477 g/mol. The van der Waals surface area contributed by atoms with Crippen LogP contribution in [-0.4, -0.2) is 38.3 Å². The van der Waals surface area contributed by atoms with Crippen LogP contribution in [0.3, 0.4) is 0 Å². The van der Waals surface area contributed by atoms with E-state index in [2.05, 4.69) is 20.5 Å². The van der Waals surface area contributed by atoms with E-state index in [0.717, 1.165) is 18.4 Å². The van der Waals surface area contributed by atoms with Crippen molar-refractivity contribution in [2.24, 2.45) is 0 Å². The van der Waals surface area contributed by atoms with Gasteiger partial charge in [0.2, 0.25) is 16.9 Å².